The highest BCUT2D eigenvalue weighted by molar-refractivity contribution is 5.93. The van der Waals surface area contributed by atoms with Gasteiger partial charge in [0.15, 0.2) is 12.2 Å². The van der Waals surface area contributed by atoms with Crippen LogP contribution in [0.25, 0.3) is 10.9 Å². The minimum atomic E-state index is -4.51. The lowest BCUT2D eigenvalue weighted by atomic mass is 10.1. The van der Waals surface area contributed by atoms with Gasteiger partial charge in [0.25, 0.3) is 5.91 Å². The number of urea groups is 1. The van der Waals surface area contributed by atoms with Crippen molar-refractivity contribution in [2.24, 2.45) is 0 Å². The predicted molar refractivity (Wildman–Crippen MR) is 138 cm³/mol. The van der Waals surface area contributed by atoms with Crippen LogP contribution in [-0.4, -0.2) is 60.0 Å². The first-order chi connectivity index (χ1) is 19.0. The highest BCUT2D eigenvalue weighted by Gasteiger charge is 2.31. The Labute approximate surface area is 277 Å². The van der Waals surface area contributed by atoms with Gasteiger partial charge >= 0.3 is 12.2 Å². The van der Waals surface area contributed by atoms with Crippen LogP contribution < -0.4 is 82.6 Å². The van der Waals surface area contributed by atoms with Crippen LogP contribution >= 0.6 is 0 Å². The quantitative estimate of drug-likeness (QED) is 0.132. The third-order valence-corrected chi connectivity index (χ3v) is 6.02. The van der Waals surface area contributed by atoms with Crippen molar-refractivity contribution >= 4 is 34.4 Å². The maximum absolute atomic E-state index is 13.2. The van der Waals surface area contributed by atoms with Crippen LogP contribution in [0.5, 0.6) is 0 Å². The fourth-order valence-corrected chi connectivity index (χ4v) is 3.93. The van der Waals surface area contributed by atoms with E-state index in [2.05, 4.69) is 32.9 Å². The molecule has 0 bridgehead atoms. The number of H-pyrrole nitrogens is 1. The Morgan fingerprint density at radius 3 is 2.07 bits per heavy atom. The topological polar surface area (TPSA) is 179 Å². The third kappa shape index (κ3) is 12.5. The van der Waals surface area contributed by atoms with Gasteiger partial charge in [-0.1, -0.05) is 24.3 Å². The lowest BCUT2D eigenvalue weighted by Crippen LogP contribution is -3.00. The van der Waals surface area contributed by atoms with Crippen molar-refractivity contribution in [2.75, 3.05) is 31.5 Å². The summed E-state index contributed by atoms with van der Waals surface area (Å²) in [5, 5.41) is 4.44. The van der Waals surface area contributed by atoms with Crippen LogP contribution in [0.4, 0.5) is 23.7 Å². The Bertz CT molecular complexity index is 1330. The minimum absolute atomic E-state index is 0. The number of aromatic amines is 1. The molecule has 0 saturated heterocycles. The molecule has 12 N–H and O–H groups in total. The zero-order valence-corrected chi connectivity index (χ0v) is 26.5. The molecule has 1 atom stereocenters. The molecule has 0 unspecified atom stereocenters. The number of anilines is 1. The molecule has 246 valence electrons. The summed E-state index contributed by atoms with van der Waals surface area (Å²) >= 11 is 0. The van der Waals surface area contributed by atoms with Crippen LogP contribution in [0.2, 0.25) is 0 Å². The number of para-hydroxylation sites is 1. The van der Waals surface area contributed by atoms with Crippen molar-refractivity contribution in [1.82, 2.24) is 15.3 Å². The molecule has 1 aromatic heterocycles. The Hall–Kier alpha value is -3.11. The highest BCUT2D eigenvalue weighted by atomic mass is 35.5. The first-order valence-corrected chi connectivity index (χ1v) is 12.7. The zero-order chi connectivity index (χ0) is 29.3. The van der Waals surface area contributed by atoms with E-state index < -0.39 is 29.7 Å². The van der Waals surface area contributed by atoms with Crippen LogP contribution in [0.1, 0.15) is 17.5 Å². The molecule has 11 nitrogen and oxygen atoms in total. The van der Waals surface area contributed by atoms with Crippen LogP contribution in [0.3, 0.4) is 0 Å². The maximum atomic E-state index is 13.2. The number of carbonyl (C=O) groups is 3. The number of carbonyl (C=O) groups excluding carboxylic acids is 3. The largest absolute Gasteiger partial charge is 1.00 e. The molecule has 44 heavy (non-hydrogen) atoms. The van der Waals surface area contributed by atoms with E-state index in [1.165, 1.54) is 12.1 Å². The van der Waals surface area contributed by atoms with Crippen molar-refractivity contribution < 1.29 is 99.4 Å². The minimum Gasteiger partial charge on any atom is -1.00 e. The number of hydrogen-bond donors (Lipinski definition) is 5. The van der Waals surface area contributed by atoms with Crippen LogP contribution in [0, 0.1) is 0 Å². The summed E-state index contributed by atoms with van der Waals surface area (Å²) in [5.74, 6) is -1.00. The number of quaternary nitrogens is 3. The SMILES string of the molecule is [Cl-].[Cl-].[Cl-].[Cl-].[NH3+]CCN(CC[NH3+])C(=O)C[C@H]([NH3+])C(=O)NN(Cc1ccc(C(F)(F)F)cc1)C(=O)Nc1c[nH+]c2ccccc2c1. The van der Waals surface area contributed by atoms with E-state index in [0.717, 1.165) is 28.0 Å². The maximum Gasteiger partial charge on any atom is 0.416 e. The molecule has 0 spiro atoms. The number of nitrogens with one attached hydrogen (secondary N) is 3. The number of amides is 4. The Morgan fingerprint density at radius 2 is 1.50 bits per heavy atom. The normalized spacial score (nSPS) is 11.0. The van der Waals surface area contributed by atoms with Gasteiger partial charge in [-0.2, -0.15) is 13.2 Å². The lowest BCUT2D eigenvalue weighted by Gasteiger charge is -2.25. The molecule has 3 aromatic rings. The van der Waals surface area contributed by atoms with Gasteiger partial charge in [0.2, 0.25) is 11.4 Å². The zero-order valence-electron chi connectivity index (χ0n) is 23.5. The number of nitrogens with zero attached hydrogens (tertiary/aromatic N) is 2. The predicted octanol–water partition coefficient (Wildman–Crippen LogP) is -12.9. The number of halogens is 7. The standard InChI is InChI=1S/C26H31F3N8O3.4ClH/c27-26(28,29)19-7-5-17(6-8-19)16-37(25(40)34-20-13-18-3-1-2-4-22(18)33-15-20)35-24(39)21(32)14-23(38)36(11-9-30)12-10-31;;;;/h1-8,13,15,21H,9-12,14,16,30-32H2,(H,34,40)(H,35,39);4*1H/t21-;;;;/m0..../s1. The van der Waals surface area contributed by atoms with Gasteiger partial charge in [0.05, 0.1) is 44.7 Å². The molecule has 3 rings (SSSR count). The molecule has 0 aliphatic rings. The summed E-state index contributed by atoms with van der Waals surface area (Å²) in [6.45, 7) is 1.56. The monoisotopic (exact) mass is 704 g/mol. The van der Waals surface area contributed by atoms with Gasteiger partial charge in [-0.05, 0) is 29.8 Å². The van der Waals surface area contributed by atoms with E-state index in [0.29, 0.717) is 37.4 Å². The third-order valence-electron chi connectivity index (χ3n) is 6.02. The summed E-state index contributed by atoms with van der Waals surface area (Å²) < 4.78 is 39.0. The molecular weight excluding hydrogens is 671 g/mol. The van der Waals surface area contributed by atoms with Gasteiger partial charge < -0.3 is 77.0 Å². The molecule has 0 aliphatic heterocycles. The lowest BCUT2D eigenvalue weighted by molar-refractivity contribution is -0.404. The second kappa shape index (κ2) is 20.0. The van der Waals surface area contributed by atoms with E-state index >= 15 is 0 Å². The van der Waals surface area contributed by atoms with E-state index in [1.807, 2.05) is 24.3 Å². The number of hydrazine groups is 1. The first-order valence-electron chi connectivity index (χ1n) is 12.7. The molecule has 0 aliphatic carbocycles. The summed E-state index contributed by atoms with van der Waals surface area (Å²) in [6.07, 6.45) is -3.15. The average Bonchev–Trinajstić information content (AvgIpc) is 2.92. The van der Waals surface area contributed by atoms with Gasteiger partial charge in [-0.3, -0.25) is 15.0 Å². The molecular formula is C26H35Cl4F3N8O3. The number of rotatable bonds is 10. The van der Waals surface area contributed by atoms with Crippen molar-refractivity contribution in [3.63, 3.8) is 0 Å². The molecule has 2 aromatic carbocycles. The number of pyridine rings is 1. The number of hydrogen-bond acceptors (Lipinski definition) is 3. The fourth-order valence-electron chi connectivity index (χ4n) is 3.93. The molecule has 0 saturated carbocycles. The smallest absolute Gasteiger partial charge is 0.416 e. The van der Waals surface area contributed by atoms with Gasteiger partial charge in [-0.15, -0.1) is 0 Å². The van der Waals surface area contributed by atoms with Gasteiger partial charge in [0.1, 0.15) is 5.69 Å². The summed E-state index contributed by atoms with van der Waals surface area (Å²) in [5.41, 5.74) is 14.5. The van der Waals surface area contributed by atoms with E-state index in [1.54, 1.807) is 17.2 Å². The number of alkyl halides is 3. The molecule has 18 heteroatoms. The second-order valence-corrected chi connectivity index (χ2v) is 9.15. The highest BCUT2D eigenvalue weighted by Crippen LogP contribution is 2.29. The van der Waals surface area contributed by atoms with Crippen molar-refractivity contribution in [3.05, 3.63) is 71.9 Å². The Balaban J connectivity index is 0. The van der Waals surface area contributed by atoms with Gasteiger partial charge in [0, 0.05) is 11.5 Å². The van der Waals surface area contributed by atoms with Crippen molar-refractivity contribution in [1.29, 1.82) is 0 Å². The van der Waals surface area contributed by atoms with Crippen molar-refractivity contribution in [3.8, 4) is 0 Å². The molecule has 0 fully saturated rings. The van der Waals surface area contributed by atoms with Gasteiger partial charge in [-0.25, -0.2) is 14.8 Å². The number of benzene rings is 2. The van der Waals surface area contributed by atoms with E-state index in [9.17, 15) is 27.6 Å². The van der Waals surface area contributed by atoms with Crippen molar-refractivity contribution in [2.45, 2.75) is 25.2 Å². The summed E-state index contributed by atoms with van der Waals surface area (Å²) in [7, 11) is 0. The van der Waals surface area contributed by atoms with E-state index in [4.69, 9.17) is 0 Å². The van der Waals surface area contributed by atoms with Crippen LogP contribution in [-0.2, 0) is 22.3 Å². The number of fused-ring (bicyclic) bond motifs is 1. The Morgan fingerprint density at radius 1 is 0.909 bits per heavy atom. The molecule has 1 heterocycles. The average molecular weight is 706 g/mol. The summed E-state index contributed by atoms with van der Waals surface area (Å²) in [4.78, 5) is 43.5. The molecule has 0 radical (unpaired) electrons. The fraction of sp³-hybridized carbons (Fsp3) is 0.308. The van der Waals surface area contributed by atoms with E-state index in [-0.39, 0.29) is 68.5 Å². The van der Waals surface area contributed by atoms with Crippen LogP contribution in [0.15, 0.2) is 60.8 Å². The first kappa shape index (κ1) is 43.0. The Kier molecular flexibility index (Phi) is 19.6. The summed E-state index contributed by atoms with van der Waals surface area (Å²) in [6, 6.07) is 11.6. The molecule has 4 amide bonds. The second-order valence-electron chi connectivity index (χ2n) is 9.15. The number of aromatic nitrogens is 1.